The van der Waals surface area contributed by atoms with Crippen molar-refractivity contribution in [3.05, 3.63) is 54.4 Å². The van der Waals surface area contributed by atoms with Gasteiger partial charge >= 0.3 is 0 Å². The highest BCUT2D eigenvalue weighted by Gasteiger charge is 2.02. The summed E-state index contributed by atoms with van der Waals surface area (Å²) in [7, 11) is 1.86. The zero-order chi connectivity index (χ0) is 12.4. The number of anilines is 1. The van der Waals surface area contributed by atoms with Crippen LogP contribution in [-0.4, -0.2) is 21.8 Å². The van der Waals surface area contributed by atoms with Crippen molar-refractivity contribution in [1.82, 2.24) is 14.8 Å². The van der Waals surface area contributed by atoms with Crippen LogP contribution in [0.3, 0.4) is 0 Å². The topological polar surface area (TPSA) is 42.7 Å². The van der Waals surface area contributed by atoms with Gasteiger partial charge in [0, 0.05) is 18.6 Å². The molecule has 90 valence electrons. The largest absolute Gasteiger partial charge is 0.373 e. The molecule has 2 aromatic heterocycles. The fraction of sp³-hybridized carbons (Fsp3) is 0.143. The maximum absolute atomic E-state index is 4.41. The van der Waals surface area contributed by atoms with Gasteiger partial charge in [-0.3, -0.25) is 4.68 Å². The Hall–Kier alpha value is -2.36. The van der Waals surface area contributed by atoms with Gasteiger partial charge in [-0.05, 0) is 17.7 Å². The molecule has 2 heterocycles. The highest BCUT2D eigenvalue weighted by atomic mass is 15.3. The molecule has 0 fully saturated rings. The van der Waals surface area contributed by atoms with Crippen LogP contribution in [-0.2, 0) is 6.54 Å². The normalized spacial score (nSPS) is 10.7. The van der Waals surface area contributed by atoms with Gasteiger partial charge in [0.2, 0.25) is 0 Å². The van der Waals surface area contributed by atoms with Gasteiger partial charge in [-0.1, -0.05) is 24.3 Å². The average Bonchev–Trinajstić information content (AvgIpc) is 2.83. The van der Waals surface area contributed by atoms with Crippen LogP contribution in [0.2, 0.25) is 0 Å². The van der Waals surface area contributed by atoms with E-state index in [-0.39, 0.29) is 0 Å². The minimum absolute atomic E-state index is 0.741. The van der Waals surface area contributed by atoms with Crippen molar-refractivity contribution in [3.63, 3.8) is 0 Å². The Kier molecular flexibility index (Phi) is 2.68. The van der Waals surface area contributed by atoms with E-state index in [1.165, 1.54) is 0 Å². The number of hydrogen-bond acceptors (Lipinski definition) is 3. The molecule has 4 heteroatoms. The Morgan fingerprint density at radius 3 is 2.78 bits per heavy atom. The SMILES string of the molecule is CNc1ccc(Cn2ncc3ccccc32)cn1. The lowest BCUT2D eigenvalue weighted by Gasteiger charge is -2.04. The number of hydrogen-bond donors (Lipinski definition) is 1. The summed E-state index contributed by atoms with van der Waals surface area (Å²) in [5.74, 6) is 0.879. The predicted octanol–water partition coefficient (Wildman–Crippen LogP) is 2.52. The molecule has 0 saturated carbocycles. The molecule has 3 rings (SSSR count). The first-order chi connectivity index (χ1) is 8.86. The van der Waals surface area contributed by atoms with Crippen molar-refractivity contribution in [3.8, 4) is 0 Å². The van der Waals surface area contributed by atoms with E-state index in [1.54, 1.807) is 0 Å². The maximum atomic E-state index is 4.41. The summed E-state index contributed by atoms with van der Waals surface area (Å²) in [4.78, 5) is 4.31. The van der Waals surface area contributed by atoms with Crippen molar-refractivity contribution >= 4 is 16.7 Å². The monoisotopic (exact) mass is 238 g/mol. The van der Waals surface area contributed by atoms with Crippen LogP contribution in [0.4, 0.5) is 5.82 Å². The molecule has 1 N–H and O–H groups in total. The van der Waals surface area contributed by atoms with Crippen LogP contribution in [0.25, 0.3) is 10.9 Å². The highest BCUT2D eigenvalue weighted by Crippen LogP contribution is 2.14. The second-order valence-corrected chi connectivity index (χ2v) is 4.16. The molecule has 0 aliphatic carbocycles. The summed E-state index contributed by atoms with van der Waals surface area (Å²) in [5.41, 5.74) is 2.29. The van der Waals surface area contributed by atoms with Crippen LogP contribution in [0.15, 0.2) is 48.8 Å². The zero-order valence-corrected chi connectivity index (χ0v) is 10.2. The number of fused-ring (bicyclic) bond motifs is 1. The number of benzene rings is 1. The fourth-order valence-electron chi connectivity index (χ4n) is 1.99. The Balaban J connectivity index is 1.91. The van der Waals surface area contributed by atoms with Gasteiger partial charge in [-0.25, -0.2) is 4.98 Å². The third kappa shape index (κ3) is 1.93. The van der Waals surface area contributed by atoms with Gasteiger partial charge < -0.3 is 5.32 Å². The fourth-order valence-corrected chi connectivity index (χ4v) is 1.99. The number of pyridine rings is 1. The first-order valence-electron chi connectivity index (χ1n) is 5.90. The number of para-hydroxylation sites is 1. The first-order valence-corrected chi connectivity index (χ1v) is 5.90. The first kappa shape index (κ1) is 10.8. The van der Waals surface area contributed by atoms with Crippen LogP contribution in [0.1, 0.15) is 5.56 Å². The number of nitrogens with one attached hydrogen (secondary N) is 1. The molecule has 0 unspecified atom stereocenters. The summed E-state index contributed by atoms with van der Waals surface area (Å²) in [6.07, 6.45) is 3.77. The maximum Gasteiger partial charge on any atom is 0.125 e. The van der Waals surface area contributed by atoms with Crippen molar-refractivity contribution in [1.29, 1.82) is 0 Å². The second kappa shape index (κ2) is 4.49. The van der Waals surface area contributed by atoms with Crippen molar-refractivity contribution in [2.45, 2.75) is 6.54 Å². The Morgan fingerprint density at radius 2 is 2.00 bits per heavy atom. The number of aromatic nitrogens is 3. The van der Waals surface area contributed by atoms with Crippen molar-refractivity contribution < 1.29 is 0 Å². The summed E-state index contributed by atoms with van der Waals surface area (Å²) >= 11 is 0. The molecule has 0 aliphatic heterocycles. The van der Waals surface area contributed by atoms with Crippen LogP contribution < -0.4 is 5.32 Å². The molecule has 1 aromatic carbocycles. The molecule has 0 saturated heterocycles. The summed E-state index contributed by atoms with van der Waals surface area (Å²) in [5, 5.41) is 8.58. The van der Waals surface area contributed by atoms with Crippen molar-refractivity contribution in [2.24, 2.45) is 0 Å². The van der Waals surface area contributed by atoms with Crippen LogP contribution in [0.5, 0.6) is 0 Å². The van der Waals surface area contributed by atoms with E-state index in [2.05, 4.69) is 33.6 Å². The highest BCUT2D eigenvalue weighted by molar-refractivity contribution is 5.78. The summed E-state index contributed by atoms with van der Waals surface area (Å²) in [6, 6.07) is 12.2. The molecule has 0 atom stereocenters. The van der Waals surface area contributed by atoms with E-state index >= 15 is 0 Å². The third-order valence-corrected chi connectivity index (χ3v) is 2.96. The van der Waals surface area contributed by atoms with E-state index in [4.69, 9.17) is 0 Å². The molecule has 4 nitrogen and oxygen atoms in total. The van der Waals surface area contributed by atoms with Crippen molar-refractivity contribution in [2.75, 3.05) is 12.4 Å². The third-order valence-electron chi connectivity index (χ3n) is 2.96. The van der Waals surface area contributed by atoms with E-state index in [0.717, 1.165) is 28.8 Å². The van der Waals surface area contributed by atoms with Gasteiger partial charge in [-0.2, -0.15) is 5.10 Å². The lowest BCUT2D eigenvalue weighted by Crippen LogP contribution is -2.02. The average molecular weight is 238 g/mol. The summed E-state index contributed by atoms with van der Waals surface area (Å²) < 4.78 is 1.99. The smallest absolute Gasteiger partial charge is 0.125 e. The minimum Gasteiger partial charge on any atom is -0.373 e. The Morgan fingerprint density at radius 1 is 1.11 bits per heavy atom. The number of nitrogens with zero attached hydrogens (tertiary/aromatic N) is 3. The van der Waals surface area contributed by atoms with E-state index in [1.807, 2.05) is 42.3 Å². The Labute approximate surface area is 105 Å². The Bertz CT molecular complexity index is 655. The summed E-state index contributed by atoms with van der Waals surface area (Å²) in [6.45, 7) is 0.741. The predicted molar refractivity (Wildman–Crippen MR) is 72.6 cm³/mol. The molecule has 0 aliphatic rings. The van der Waals surface area contributed by atoms with Crippen LogP contribution >= 0.6 is 0 Å². The number of rotatable bonds is 3. The van der Waals surface area contributed by atoms with E-state index < -0.39 is 0 Å². The van der Waals surface area contributed by atoms with Crippen LogP contribution in [0, 0.1) is 0 Å². The van der Waals surface area contributed by atoms with Gasteiger partial charge in [-0.15, -0.1) is 0 Å². The molecule has 0 spiro atoms. The standard InChI is InChI=1S/C14H14N4/c1-15-14-7-6-11(8-16-14)10-18-13-5-3-2-4-12(13)9-17-18/h2-9H,10H2,1H3,(H,15,16). The molecule has 3 aromatic rings. The lowest BCUT2D eigenvalue weighted by molar-refractivity contribution is 0.710. The lowest BCUT2D eigenvalue weighted by atomic mass is 10.2. The quantitative estimate of drug-likeness (QED) is 0.762. The van der Waals surface area contributed by atoms with Gasteiger partial charge in [0.05, 0.1) is 18.3 Å². The molecule has 0 amide bonds. The molecule has 0 radical (unpaired) electrons. The zero-order valence-electron chi connectivity index (χ0n) is 10.2. The molecular formula is C14H14N4. The molecule has 0 bridgehead atoms. The van der Waals surface area contributed by atoms with E-state index in [0.29, 0.717) is 0 Å². The molecular weight excluding hydrogens is 224 g/mol. The molecule has 18 heavy (non-hydrogen) atoms. The van der Waals surface area contributed by atoms with Gasteiger partial charge in [0.25, 0.3) is 0 Å². The second-order valence-electron chi connectivity index (χ2n) is 4.16. The minimum atomic E-state index is 0.741. The van der Waals surface area contributed by atoms with E-state index in [9.17, 15) is 0 Å². The van der Waals surface area contributed by atoms with Gasteiger partial charge in [0.1, 0.15) is 5.82 Å². The van der Waals surface area contributed by atoms with Gasteiger partial charge in [0.15, 0.2) is 0 Å².